The number of rotatable bonds is 4. The molecule has 1 aromatic heterocycles. The average Bonchev–Trinajstić information content (AvgIpc) is 3.13. The molecule has 0 saturated heterocycles. The van der Waals surface area contributed by atoms with Crippen LogP contribution in [0.3, 0.4) is 0 Å². The fraction of sp³-hybridized carbons (Fsp3) is 0.350. The molecule has 1 aliphatic carbocycles. The van der Waals surface area contributed by atoms with Gasteiger partial charge in [0.05, 0.1) is 18.2 Å². The highest BCUT2D eigenvalue weighted by atomic mass is 32.1. The Morgan fingerprint density at radius 1 is 1.19 bits per heavy atom. The van der Waals surface area contributed by atoms with Gasteiger partial charge in [0.2, 0.25) is 0 Å². The van der Waals surface area contributed by atoms with Crippen LogP contribution in [0.4, 0.5) is 5.69 Å². The normalized spacial score (nSPS) is 15.3. The maximum absolute atomic E-state index is 11.9. The molecule has 0 radical (unpaired) electrons. The lowest BCUT2D eigenvalue weighted by molar-refractivity contribution is 0.0600. The number of nitrogens with zero attached hydrogens (tertiary/aromatic N) is 1. The molecular weight excluding hydrogens is 346 g/mol. The van der Waals surface area contributed by atoms with Gasteiger partial charge in [-0.05, 0) is 67.4 Å². The summed E-state index contributed by atoms with van der Waals surface area (Å²) in [7, 11) is 1.38. The molecule has 0 unspecified atom stereocenters. The minimum atomic E-state index is -0.353. The van der Waals surface area contributed by atoms with Crippen molar-refractivity contribution in [3.8, 4) is 0 Å². The molecule has 1 saturated carbocycles. The molecule has 2 aromatic rings. The minimum Gasteiger partial charge on any atom is -0.465 e. The molecule has 1 aliphatic rings. The Bertz CT molecular complexity index is 802. The molecule has 0 bridgehead atoms. The maximum Gasteiger partial charge on any atom is 0.338 e. The summed E-state index contributed by atoms with van der Waals surface area (Å²) in [5, 5.41) is 7.32. The third-order valence-corrected chi connectivity index (χ3v) is 5.23. The molecule has 1 aromatic carbocycles. The Balaban J connectivity index is 1.79. The molecule has 6 heteroatoms. The van der Waals surface area contributed by atoms with Crippen LogP contribution in [-0.2, 0) is 10.3 Å². The van der Waals surface area contributed by atoms with Crippen LogP contribution >= 0.6 is 12.2 Å². The van der Waals surface area contributed by atoms with Crippen molar-refractivity contribution in [2.75, 3.05) is 12.4 Å². The lowest BCUT2D eigenvalue weighted by Crippen LogP contribution is -2.45. The molecule has 0 spiro atoms. The van der Waals surface area contributed by atoms with E-state index >= 15 is 0 Å². The van der Waals surface area contributed by atoms with Crippen LogP contribution in [0.5, 0.6) is 0 Å². The number of aromatic nitrogens is 1. The first kappa shape index (κ1) is 18.3. The fourth-order valence-corrected chi connectivity index (χ4v) is 3.91. The Morgan fingerprint density at radius 2 is 1.88 bits per heavy atom. The number of hydrogen-bond donors (Lipinski definition) is 2. The van der Waals surface area contributed by atoms with Gasteiger partial charge in [-0.1, -0.05) is 18.9 Å². The Kier molecular flexibility index (Phi) is 5.52. The van der Waals surface area contributed by atoms with Crippen molar-refractivity contribution < 1.29 is 9.53 Å². The standard InChI is InChI=1S/C20H23N3O2S/c1-14-16(18(24)25-2)6-5-7-17(14)22-19(26)23-20(10-3-4-11-20)15-8-12-21-13-9-15/h5-9,12-13H,3-4,10-11H2,1-2H3,(H2,22,23,26). The van der Waals surface area contributed by atoms with Crippen molar-refractivity contribution in [3.63, 3.8) is 0 Å². The smallest absolute Gasteiger partial charge is 0.338 e. The fourth-order valence-electron chi connectivity index (χ4n) is 3.61. The zero-order valence-electron chi connectivity index (χ0n) is 15.0. The highest BCUT2D eigenvalue weighted by molar-refractivity contribution is 7.80. The van der Waals surface area contributed by atoms with E-state index in [1.807, 2.05) is 43.6 Å². The van der Waals surface area contributed by atoms with Crippen LogP contribution in [-0.4, -0.2) is 23.2 Å². The van der Waals surface area contributed by atoms with Crippen LogP contribution in [0.25, 0.3) is 0 Å². The summed E-state index contributed by atoms with van der Waals surface area (Å²) in [6.07, 6.45) is 8.01. The summed E-state index contributed by atoms with van der Waals surface area (Å²) in [6, 6.07) is 9.56. The molecule has 5 nitrogen and oxygen atoms in total. The van der Waals surface area contributed by atoms with E-state index in [0.29, 0.717) is 10.7 Å². The predicted molar refractivity (Wildman–Crippen MR) is 106 cm³/mol. The first-order valence-corrected chi connectivity index (χ1v) is 9.14. The molecule has 0 atom stereocenters. The molecule has 2 N–H and O–H groups in total. The molecule has 0 amide bonds. The summed E-state index contributed by atoms with van der Waals surface area (Å²) < 4.78 is 4.84. The number of carbonyl (C=O) groups excluding carboxylic acids is 1. The number of hydrogen-bond acceptors (Lipinski definition) is 4. The third kappa shape index (κ3) is 3.70. The number of thiocarbonyl (C=S) groups is 1. The summed E-state index contributed by atoms with van der Waals surface area (Å²) in [4.78, 5) is 16.0. The monoisotopic (exact) mass is 369 g/mol. The van der Waals surface area contributed by atoms with E-state index in [9.17, 15) is 4.79 Å². The van der Waals surface area contributed by atoms with Gasteiger partial charge in [-0.2, -0.15) is 0 Å². The molecular formula is C20H23N3O2S. The van der Waals surface area contributed by atoms with Gasteiger partial charge in [0.25, 0.3) is 0 Å². The number of nitrogens with one attached hydrogen (secondary N) is 2. The number of ether oxygens (including phenoxy) is 1. The largest absolute Gasteiger partial charge is 0.465 e. The summed E-state index contributed by atoms with van der Waals surface area (Å²) in [6.45, 7) is 1.88. The molecule has 3 rings (SSSR count). The van der Waals surface area contributed by atoms with Crippen molar-refractivity contribution in [1.29, 1.82) is 0 Å². The number of esters is 1. The molecule has 1 heterocycles. The van der Waals surface area contributed by atoms with E-state index in [0.717, 1.165) is 36.9 Å². The van der Waals surface area contributed by atoms with Crippen LogP contribution in [0, 0.1) is 6.92 Å². The first-order valence-electron chi connectivity index (χ1n) is 8.73. The highest BCUT2D eigenvalue weighted by Gasteiger charge is 2.36. The van der Waals surface area contributed by atoms with Crippen molar-refractivity contribution in [1.82, 2.24) is 10.3 Å². The van der Waals surface area contributed by atoms with E-state index in [4.69, 9.17) is 17.0 Å². The van der Waals surface area contributed by atoms with E-state index < -0.39 is 0 Å². The highest BCUT2D eigenvalue weighted by Crippen LogP contribution is 2.38. The van der Waals surface area contributed by atoms with Gasteiger partial charge >= 0.3 is 5.97 Å². The Morgan fingerprint density at radius 3 is 2.54 bits per heavy atom. The van der Waals surface area contributed by atoms with Gasteiger partial charge in [0.15, 0.2) is 5.11 Å². The second-order valence-corrected chi connectivity index (χ2v) is 6.98. The van der Waals surface area contributed by atoms with Crippen molar-refractivity contribution in [3.05, 3.63) is 59.4 Å². The lowest BCUT2D eigenvalue weighted by Gasteiger charge is -2.32. The van der Waals surface area contributed by atoms with Gasteiger partial charge in [0, 0.05) is 18.1 Å². The number of anilines is 1. The van der Waals surface area contributed by atoms with E-state index in [1.54, 1.807) is 6.07 Å². The van der Waals surface area contributed by atoms with Crippen LogP contribution in [0.1, 0.15) is 47.2 Å². The van der Waals surface area contributed by atoms with Gasteiger partial charge in [-0.15, -0.1) is 0 Å². The lowest BCUT2D eigenvalue weighted by atomic mass is 9.89. The van der Waals surface area contributed by atoms with E-state index in [2.05, 4.69) is 15.6 Å². The van der Waals surface area contributed by atoms with Gasteiger partial charge in [-0.25, -0.2) is 4.79 Å². The maximum atomic E-state index is 11.9. The van der Waals surface area contributed by atoms with E-state index in [-0.39, 0.29) is 11.5 Å². The van der Waals surface area contributed by atoms with Gasteiger partial charge in [0.1, 0.15) is 0 Å². The number of carbonyl (C=O) groups is 1. The predicted octanol–water partition coefficient (Wildman–Crippen LogP) is 3.93. The topological polar surface area (TPSA) is 63.2 Å². The summed E-state index contributed by atoms with van der Waals surface area (Å²) in [5.41, 5.74) is 3.18. The zero-order valence-corrected chi connectivity index (χ0v) is 15.9. The van der Waals surface area contributed by atoms with E-state index in [1.165, 1.54) is 12.7 Å². The Hall–Kier alpha value is -2.47. The SMILES string of the molecule is COC(=O)c1cccc(NC(=S)NC2(c3ccncc3)CCCC2)c1C. The van der Waals surface area contributed by atoms with Crippen molar-refractivity contribution >= 4 is 29.0 Å². The number of methoxy groups -OCH3 is 1. The minimum absolute atomic E-state index is 0.166. The van der Waals surface area contributed by atoms with Crippen molar-refractivity contribution in [2.45, 2.75) is 38.1 Å². The first-order chi connectivity index (χ1) is 12.6. The van der Waals surface area contributed by atoms with Crippen LogP contribution < -0.4 is 10.6 Å². The molecule has 136 valence electrons. The number of benzene rings is 1. The third-order valence-electron chi connectivity index (χ3n) is 5.03. The second-order valence-electron chi connectivity index (χ2n) is 6.57. The summed E-state index contributed by atoms with van der Waals surface area (Å²) in [5.74, 6) is -0.353. The van der Waals surface area contributed by atoms with Crippen LogP contribution in [0.2, 0.25) is 0 Å². The molecule has 1 fully saturated rings. The molecule has 26 heavy (non-hydrogen) atoms. The van der Waals surface area contributed by atoms with Gasteiger partial charge < -0.3 is 15.4 Å². The average molecular weight is 369 g/mol. The Labute approximate surface area is 159 Å². The van der Waals surface area contributed by atoms with Crippen LogP contribution in [0.15, 0.2) is 42.7 Å². The van der Waals surface area contributed by atoms with Gasteiger partial charge in [-0.3, -0.25) is 4.98 Å². The zero-order chi connectivity index (χ0) is 18.6. The van der Waals surface area contributed by atoms with Crippen molar-refractivity contribution in [2.24, 2.45) is 0 Å². The quantitative estimate of drug-likeness (QED) is 0.629. The second kappa shape index (κ2) is 7.83. The number of pyridine rings is 1. The molecule has 0 aliphatic heterocycles. The summed E-state index contributed by atoms with van der Waals surface area (Å²) >= 11 is 5.59.